The molecule has 27 heavy (non-hydrogen) atoms. The first-order valence-corrected chi connectivity index (χ1v) is 9.52. The number of nitrogens with one attached hydrogen (secondary N) is 2. The van der Waals surface area contributed by atoms with Gasteiger partial charge in [-0.05, 0) is 46.6 Å². The average molecular weight is 435 g/mol. The van der Waals surface area contributed by atoms with Crippen molar-refractivity contribution in [1.29, 1.82) is 0 Å². The van der Waals surface area contributed by atoms with Gasteiger partial charge in [0.15, 0.2) is 0 Å². The van der Waals surface area contributed by atoms with Crippen LogP contribution in [0.15, 0.2) is 53.0 Å². The third-order valence-electron chi connectivity index (χ3n) is 3.68. The maximum absolute atomic E-state index is 12.1. The van der Waals surface area contributed by atoms with E-state index in [9.17, 15) is 9.59 Å². The zero-order valence-electron chi connectivity index (χ0n) is 15.2. The number of benzene rings is 2. The SMILES string of the molecule is CCOCCC(=O)NNC(=O)c1ccc(OCCc2ccccc2)c(Br)c1. The fraction of sp³-hybridized carbons (Fsp3) is 0.300. The molecule has 0 aliphatic rings. The highest BCUT2D eigenvalue weighted by Crippen LogP contribution is 2.26. The van der Waals surface area contributed by atoms with Gasteiger partial charge in [0.25, 0.3) is 5.91 Å². The van der Waals surface area contributed by atoms with E-state index in [1.807, 2.05) is 25.1 Å². The molecule has 0 spiro atoms. The zero-order chi connectivity index (χ0) is 19.5. The number of carbonyl (C=O) groups is 2. The molecule has 0 radical (unpaired) electrons. The Morgan fingerprint density at radius 1 is 1.04 bits per heavy atom. The standard InChI is InChI=1S/C20H23BrN2O4/c1-2-26-12-11-19(24)22-23-20(25)16-8-9-18(17(21)14-16)27-13-10-15-6-4-3-5-7-15/h3-9,14H,2,10-13H2,1H3,(H,22,24)(H,23,25). The minimum atomic E-state index is -0.406. The van der Waals surface area contributed by atoms with Crippen molar-refractivity contribution in [2.45, 2.75) is 19.8 Å². The Balaban J connectivity index is 1.80. The quantitative estimate of drug-likeness (QED) is 0.469. The fourth-order valence-electron chi connectivity index (χ4n) is 2.25. The zero-order valence-corrected chi connectivity index (χ0v) is 16.8. The Hall–Kier alpha value is -2.38. The van der Waals surface area contributed by atoms with Crippen molar-refractivity contribution in [3.05, 3.63) is 64.1 Å². The van der Waals surface area contributed by atoms with E-state index in [1.165, 1.54) is 5.56 Å². The minimum absolute atomic E-state index is 0.187. The van der Waals surface area contributed by atoms with Crippen LogP contribution in [0, 0.1) is 0 Å². The second kappa shape index (κ2) is 11.4. The van der Waals surface area contributed by atoms with Crippen molar-refractivity contribution in [2.75, 3.05) is 19.8 Å². The second-order valence-electron chi connectivity index (χ2n) is 5.68. The number of halogens is 1. The van der Waals surface area contributed by atoms with E-state index < -0.39 is 5.91 Å². The topological polar surface area (TPSA) is 76.7 Å². The van der Waals surface area contributed by atoms with E-state index in [1.54, 1.807) is 18.2 Å². The summed E-state index contributed by atoms with van der Waals surface area (Å²) in [7, 11) is 0. The number of ether oxygens (including phenoxy) is 2. The number of rotatable bonds is 9. The summed E-state index contributed by atoms with van der Waals surface area (Å²) < 4.78 is 11.5. The third-order valence-corrected chi connectivity index (χ3v) is 4.30. The van der Waals surface area contributed by atoms with Crippen LogP contribution in [-0.2, 0) is 16.0 Å². The second-order valence-corrected chi connectivity index (χ2v) is 6.53. The average Bonchev–Trinajstić information content (AvgIpc) is 2.68. The lowest BCUT2D eigenvalue weighted by atomic mass is 10.2. The molecule has 0 aliphatic carbocycles. The molecule has 6 nitrogen and oxygen atoms in total. The molecule has 2 rings (SSSR count). The van der Waals surface area contributed by atoms with Crippen molar-refractivity contribution in [2.24, 2.45) is 0 Å². The van der Waals surface area contributed by atoms with Crippen molar-refractivity contribution in [3.63, 3.8) is 0 Å². The Kier molecular flexibility index (Phi) is 8.80. The van der Waals surface area contributed by atoms with Crippen molar-refractivity contribution in [1.82, 2.24) is 10.9 Å². The largest absolute Gasteiger partial charge is 0.492 e. The molecule has 7 heteroatoms. The molecule has 0 bridgehead atoms. The van der Waals surface area contributed by atoms with Crippen LogP contribution in [0.4, 0.5) is 0 Å². The van der Waals surface area contributed by atoms with Gasteiger partial charge in [-0.3, -0.25) is 20.4 Å². The third kappa shape index (κ3) is 7.40. The minimum Gasteiger partial charge on any atom is -0.492 e. The number of hydrazine groups is 1. The van der Waals surface area contributed by atoms with Gasteiger partial charge in [0, 0.05) is 18.6 Å². The summed E-state index contributed by atoms with van der Waals surface area (Å²) in [5.74, 6) is -0.0590. The Labute approximate surface area is 167 Å². The van der Waals surface area contributed by atoms with Crippen LogP contribution >= 0.6 is 15.9 Å². The van der Waals surface area contributed by atoms with Crippen LogP contribution in [0.5, 0.6) is 5.75 Å². The molecule has 144 valence electrons. The van der Waals surface area contributed by atoms with Gasteiger partial charge in [-0.25, -0.2) is 0 Å². The number of carbonyl (C=O) groups excluding carboxylic acids is 2. The predicted molar refractivity (Wildman–Crippen MR) is 107 cm³/mol. The molecular formula is C20H23BrN2O4. The number of hydrogen-bond donors (Lipinski definition) is 2. The Bertz CT molecular complexity index is 753. The smallest absolute Gasteiger partial charge is 0.269 e. The molecule has 0 fully saturated rings. The Morgan fingerprint density at radius 2 is 1.81 bits per heavy atom. The highest BCUT2D eigenvalue weighted by atomic mass is 79.9. The van der Waals surface area contributed by atoms with E-state index in [0.717, 1.165) is 6.42 Å². The van der Waals surface area contributed by atoms with Crippen LogP contribution in [0.3, 0.4) is 0 Å². The van der Waals surface area contributed by atoms with Gasteiger partial charge in [0.1, 0.15) is 5.75 Å². The van der Waals surface area contributed by atoms with Gasteiger partial charge in [-0.15, -0.1) is 0 Å². The van der Waals surface area contributed by atoms with Gasteiger partial charge < -0.3 is 9.47 Å². The summed E-state index contributed by atoms with van der Waals surface area (Å²) in [6.07, 6.45) is 0.981. The molecule has 0 saturated heterocycles. The van der Waals surface area contributed by atoms with Gasteiger partial charge in [0.2, 0.25) is 5.91 Å². The van der Waals surface area contributed by atoms with E-state index in [-0.39, 0.29) is 12.3 Å². The molecular weight excluding hydrogens is 412 g/mol. The predicted octanol–water partition coefficient (Wildman–Crippen LogP) is 3.26. The molecule has 0 heterocycles. The highest BCUT2D eigenvalue weighted by Gasteiger charge is 2.10. The van der Waals surface area contributed by atoms with E-state index in [2.05, 4.69) is 38.9 Å². The monoisotopic (exact) mass is 434 g/mol. The summed E-state index contributed by atoms with van der Waals surface area (Å²) in [6, 6.07) is 15.1. The van der Waals surface area contributed by atoms with Crippen molar-refractivity contribution in [3.8, 4) is 5.75 Å². The Morgan fingerprint density at radius 3 is 2.52 bits per heavy atom. The van der Waals surface area contributed by atoms with Gasteiger partial charge >= 0.3 is 0 Å². The molecule has 2 amide bonds. The van der Waals surface area contributed by atoms with Crippen LogP contribution < -0.4 is 15.6 Å². The van der Waals surface area contributed by atoms with Gasteiger partial charge in [0.05, 0.1) is 24.1 Å². The molecule has 2 aromatic rings. The molecule has 0 atom stereocenters. The lowest BCUT2D eigenvalue weighted by Gasteiger charge is -2.11. The van der Waals surface area contributed by atoms with Crippen LogP contribution in [-0.4, -0.2) is 31.6 Å². The molecule has 0 aromatic heterocycles. The van der Waals surface area contributed by atoms with Crippen LogP contribution in [0.2, 0.25) is 0 Å². The maximum atomic E-state index is 12.1. The summed E-state index contributed by atoms with van der Waals surface area (Å²) in [5, 5.41) is 0. The normalized spacial score (nSPS) is 10.3. The van der Waals surface area contributed by atoms with Crippen LogP contribution in [0.1, 0.15) is 29.3 Å². The lowest BCUT2D eigenvalue weighted by molar-refractivity contribution is -0.122. The summed E-state index contributed by atoms with van der Waals surface area (Å²) >= 11 is 3.42. The van der Waals surface area contributed by atoms with Crippen LogP contribution in [0.25, 0.3) is 0 Å². The van der Waals surface area contributed by atoms with Crippen molar-refractivity contribution >= 4 is 27.7 Å². The molecule has 0 saturated carbocycles. The maximum Gasteiger partial charge on any atom is 0.269 e. The first-order valence-electron chi connectivity index (χ1n) is 8.73. The lowest BCUT2D eigenvalue weighted by Crippen LogP contribution is -2.41. The molecule has 2 N–H and O–H groups in total. The van der Waals surface area contributed by atoms with E-state index >= 15 is 0 Å². The summed E-state index contributed by atoms with van der Waals surface area (Å²) in [5.41, 5.74) is 6.35. The first kappa shape index (κ1) is 20.9. The fourth-order valence-corrected chi connectivity index (χ4v) is 2.75. The summed E-state index contributed by atoms with van der Waals surface area (Å²) in [6.45, 7) is 3.25. The van der Waals surface area contributed by atoms with E-state index in [0.29, 0.717) is 35.6 Å². The van der Waals surface area contributed by atoms with Crippen molar-refractivity contribution < 1.29 is 19.1 Å². The summed E-state index contributed by atoms with van der Waals surface area (Å²) in [4.78, 5) is 23.7. The number of hydrogen-bond acceptors (Lipinski definition) is 4. The molecule has 0 aliphatic heterocycles. The number of amides is 2. The highest BCUT2D eigenvalue weighted by molar-refractivity contribution is 9.10. The van der Waals surface area contributed by atoms with Gasteiger partial charge in [-0.1, -0.05) is 30.3 Å². The molecule has 0 unspecified atom stereocenters. The van der Waals surface area contributed by atoms with E-state index in [4.69, 9.17) is 9.47 Å². The molecule has 2 aromatic carbocycles. The first-order chi connectivity index (χ1) is 13.1. The van der Waals surface area contributed by atoms with Gasteiger partial charge in [-0.2, -0.15) is 0 Å².